The summed E-state index contributed by atoms with van der Waals surface area (Å²) >= 11 is 0. The number of aryl methyl sites for hydroxylation is 1. The van der Waals surface area contributed by atoms with Gasteiger partial charge in [-0.05, 0) is 36.6 Å². The zero-order valence-electron chi connectivity index (χ0n) is 13.2. The molecule has 0 amide bonds. The van der Waals surface area contributed by atoms with Crippen LogP contribution in [0.5, 0.6) is 0 Å². The molecule has 24 heavy (non-hydrogen) atoms. The fraction of sp³-hybridized carbons (Fsp3) is 0.312. The second-order valence-electron chi connectivity index (χ2n) is 5.47. The van der Waals surface area contributed by atoms with Gasteiger partial charge in [0.2, 0.25) is 0 Å². The van der Waals surface area contributed by atoms with Gasteiger partial charge in [-0.15, -0.1) is 15.3 Å². The molecule has 0 radical (unpaired) electrons. The van der Waals surface area contributed by atoms with Gasteiger partial charge in [0.05, 0.1) is 0 Å². The molecule has 0 spiro atoms. The molecular weight excluding hydrogens is 319 g/mol. The van der Waals surface area contributed by atoms with E-state index in [1.54, 1.807) is 6.07 Å². The number of hydrogen-bond acceptors (Lipinski definition) is 4. The molecule has 0 bridgehead atoms. The summed E-state index contributed by atoms with van der Waals surface area (Å²) in [5, 5.41) is 13.7. The molecule has 1 aromatic carbocycles. The maximum atomic E-state index is 12.9. The van der Waals surface area contributed by atoms with Crippen molar-refractivity contribution in [2.24, 2.45) is 0 Å². The van der Waals surface area contributed by atoms with E-state index in [2.05, 4.69) is 27.5 Å². The largest absolute Gasteiger partial charge is 0.453 e. The molecule has 1 N–H and O–H groups in total. The van der Waals surface area contributed by atoms with Crippen LogP contribution in [0.1, 0.15) is 36.8 Å². The number of nitrogens with one attached hydrogen (secondary N) is 1. The van der Waals surface area contributed by atoms with Crippen molar-refractivity contribution < 1.29 is 13.2 Å². The lowest BCUT2D eigenvalue weighted by Gasteiger charge is -2.15. The van der Waals surface area contributed by atoms with Crippen molar-refractivity contribution >= 4 is 11.5 Å². The van der Waals surface area contributed by atoms with Crippen LogP contribution in [0.25, 0.3) is 5.65 Å². The molecule has 1 atom stereocenters. The summed E-state index contributed by atoms with van der Waals surface area (Å²) in [4.78, 5) is 0. The lowest BCUT2D eigenvalue weighted by atomic mass is 10.1. The molecule has 126 valence electrons. The van der Waals surface area contributed by atoms with Crippen molar-refractivity contribution in [3.63, 3.8) is 0 Å². The van der Waals surface area contributed by atoms with Crippen molar-refractivity contribution in [3.05, 3.63) is 53.3 Å². The number of hydrogen-bond donors (Lipinski definition) is 1. The third-order valence-electron chi connectivity index (χ3n) is 3.77. The molecule has 8 heteroatoms. The molecule has 3 rings (SSSR count). The maximum Gasteiger partial charge on any atom is 0.453 e. The summed E-state index contributed by atoms with van der Waals surface area (Å²) in [7, 11) is 0. The van der Waals surface area contributed by atoms with Crippen LogP contribution in [-0.4, -0.2) is 19.8 Å². The molecule has 2 heterocycles. The quantitative estimate of drug-likeness (QED) is 0.786. The van der Waals surface area contributed by atoms with Crippen LogP contribution in [0.15, 0.2) is 36.4 Å². The highest BCUT2D eigenvalue weighted by atomic mass is 19.4. The first kappa shape index (κ1) is 16.2. The van der Waals surface area contributed by atoms with Crippen LogP contribution in [0, 0.1) is 0 Å². The van der Waals surface area contributed by atoms with Gasteiger partial charge in [0.1, 0.15) is 5.82 Å². The van der Waals surface area contributed by atoms with Crippen LogP contribution in [0.3, 0.4) is 0 Å². The van der Waals surface area contributed by atoms with E-state index in [9.17, 15) is 13.2 Å². The van der Waals surface area contributed by atoms with Crippen molar-refractivity contribution in [1.29, 1.82) is 0 Å². The van der Waals surface area contributed by atoms with Crippen LogP contribution in [0.2, 0.25) is 0 Å². The Morgan fingerprint density at radius 3 is 2.42 bits per heavy atom. The topological polar surface area (TPSA) is 55.1 Å². The zero-order valence-corrected chi connectivity index (χ0v) is 13.2. The Hall–Kier alpha value is -2.64. The minimum atomic E-state index is -4.60. The van der Waals surface area contributed by atoms with Gasteiger partial charge in [0, 0.05) is 6.04 Å². The van der Waals surface area contributed by atoms with Gasteiger partial charge < -0.3 is 5.32 Å². The fourth-order valence-corrected chi connectivity index (χ4v) is 2.39. The van der Waals surface area contributed by atoms with E-state index in [0.717, 1.165) is 12.0 Å². The molecule has 0 aliphatic carbocycles. The Balaban J connectivity index is 1.86. The molecule has 3 aromatic rings. The minimum Gasteiger partial charge on any atom is -0.362 e. The molecule has 0 aliphatic rings. The molecular formula is C16H16F3N5. The number of benzene rings is 1. The van der Waals surface area contributed by atoms with Crippen molar-refractivity contribution in [2.45, 2.75) is 32.5 Å². The monoisotopic (exact) mass is 335 g/mol. The van der Waals surface area contributed by atoms with Gasteiger partial charge in [-0.1, -0.05) is 31.2 Å². The number of nitrogens with zero attached hydrogens (tertiary/aromatic N) is 4. The Morgan fingerprint density at radius 2 is 1.79 bits per heavy atom. The van der Waals surface area contributed by atoms with Crippen molar-refractivity contribution in [1.82, 2.24) is 19.8 Å². The summed E-state index contributed by atoms with van der Waals surface area (Å²) in [6.07, 6.45) is -3.65. The zero-order chi connectivity index (χ0) is 17.3. The number of rotatable bonds is 4. The molecule has 0 fully saturated rings. The lowest BCUT2D eigenvalue weighted by Crippen LogP contribution is -2.14. The molecule has 2 aromatic heterocycles. The molecule has 1 unspecified atom stereocenters. The number of halogens is 3. The van der Waals surface area contributed by atoms with Crippen molar-refractivity contribution in [2.75, 3.05) is 5.32 Å². The standard InChI is InChI=1S/C16H16F3N5/c1-3-11-4-6-12(7-5-11)10(2)20-13-8-9-14-21-22-15(16(17,18)19)24(14)23-13/h4-10H,3H2,1-2H3,(H,20,23). The number of aromatic nitrogens is 4. The maximum absolute atomic E-state index is 12.9. The van der Waals surface area contributed by atoms with Crippen LogP contribution in [-0.2, 0) is 12.6 Å². The molecule has 0 saturated heterocycles. The van der Waals surface area contributed by atoms with Crippen LogP contribution >= 0.6 is 0 Å². The van der Waals surface area contributed by atoms with Crippen molar-refractivity contribution in [3.8, 4) is 0 Å². The highest BCUT2D eigenvalue weighted by Crippen LogP contribution is 2.28. The third kappa shape index (κ3) is 3.17. The Morgan fingerprint density at radius 1 is 1.08 bits per heavy atom. The van der Waals surface area contributed by atoms with Crippen LogP contribution < -0.4 is 5.32 Å². The average Bonchev–Trinajstić information content (AvgIpc) is 2.98. The number of fused-ring (bicyclic) bond motifs is 1. The van der Waals surface area contributed by atoms with Crippen LogP contribution in [0.4, 0.5) is 19.0 Å². The number of anilines is 1. The first-order valence-electron chi connectivity index (χ1n) is 7.53. The highest BCUT2D eigenvalue weighted by molar-refractivity contribution is 5.45. The summed E-state index contributed by atoms with van der Waals surface area (Å²) in [6.45, 7) is 4.00. The Bertz CT molecular complexity index is 839. The summed E-state index contributed by atoms with van der Waals surface area (Å²) in [5.74, 6) is -0.819. The first-order valence-corrected chi connectivity index (χ1v) is 7.53. The van der Waals surface area contributed by atoms with E-state index in [-0.39, 0.29) is 11.7 Å². The van der Waals surface area contributed by atoms with Gasteiger partial charge in [0.25, 0.3) is 5.82 Å². The van der Waals surface area contributed by atoms with E-state index in [0.29, 0.717) is 10.3 Å². The van der Waals surface area contributed by atoms with E-state index in [1.807, 2.05) is 31.2 Å². The second-order valence-corrected chi connectivity index (χ2v) is 5.47. The third-order valence-corrected chi connectivity index (χ3v) is 3.77. The summed E-state index contributed by atoms with van der Waals surface area (Å²) in [5.41, 5.74) is 2.30. The highest BCUT2D eigenvalue weighted by Gasteiger charge is 2.37. The van der Waals surface area contributed by atoms with E-state index in [1.165, 1.54) is 11.6 Å². The molecule has 0 aliphatic heterocycles. The predicted octanol–water partition coefficient (Wildman–Crippen LogP) is 3.88. The Kier molecular flexibility index (Phi) is 4.13. The van der Waals surface area contributed by atoms with Gasteiger partial charge in [-0.3, -0.25) is 0 Å². The minimum absolute atomic E-state index is 0.0489. The number of alkyl halides is 3. The second kappa shape index (κ2) is 6.10. The lowest BCUT2D eigenvalue weighted by molar-refractivity contribution is -0.146. The van der Waals surface area contributed by atoms with Gasteiger partial charge in [0.15, 0.2) is 5.65 Å². The molecule has 5 nitrogen and oxygen atoms in total. The van der Waals surface area contributed by atoms with Gasteiger partial charge in [-0.2, -0.15) is 17.7 Å². The van der Waals surface area contributed by atoms with E-state index >= 15 is 0 Å². The predicted molar refractivity (Wildman–Crippen MR) is 83.6 cm³/mol. The van der Waals surface area contributed by atoms with Gasteiger partial charge >= 0.3 is 6.18 Å². The van der Waals surface area contributed by atoms with E-state index in [4.69, 9.17) is 0 Å². The normalized spacial score (nSPS) is 13.2. The Labute approximate surface area is 136 Å². The smallest absolute Gasteiger partial charge is 0.362 e. The summed E-state index contributed by atoms with van der Waals surface area (Å²) in [6, 6.07) is 11.0. The summed E-state index contributed by atoms with van der Waals surface area (Å²) < 4.78 is 39.4. The first-order chi connectivity index (χ1) is 11.4. The average molecular weight is 335 g/mol. The molecule has 0 saturated carbocycles. The fourth-order valence-electron chi connectivity index (χ4n) is 2.39. The van der Waals surface area contributed by atoms with E-state index < -0.39 is 12.0 Å². The SMILES string of the molecule is CCc1ccc(C(C)Nc2ccc3nnc(C(F)(F)F)n3n2)cc1. The van der Waals surface area contributed by atoms with Gasteiger partial charge in [-0.25, -0.2) is 0 Å².